The van der Waals surface area contributed by atoms with E-state index in [0.29, 0.717) is 17.2 Å². The molecule has 0 saturated heterocycles. The van der Waals surface area contributed by atoms with E-state index < -0.39 is 0 Å². The van der Waals surface area contributed by atoms with Gasteiger partial charge in [-0.25, -0.2) is 0 Å². The highest BCUT2D eigenvalue weighted by Crippen LogP contribution is 2.32. The summed E-state index contributed by atoms with van der Waals surface area (Å²) in [4.78, 5) is 23.7. The number of methoxy groups -OCH3 is 2. The summed E-state index contributed by atoms with van der Waals surface area (Å²) in [6, 6.07) is 3.49. The second-order valence-corrected chi connectivity index (χ2v) is 5.62. The lowest BCUT2D eigenvalue weighted by molar-refractivity contribution is -0.116. The Morgan fingerprint density at radius 1 is 1.23 bits per heavy atom. The van der Waals surface area contributed by atoms with Crippen molar-refractivity contribution in [3.05, 3.63) is 38.4 Å². The van der Waals surface area contributed by atoms with Gasteiger partial charge in [0.05, 0.1) is 14.2 Å². The minimum atomic E-state index is -0.265. The maximum absolute atomic E-state index is 12.2. The summed E-state index contributed by atoms with van der Waals surface area (Å²) in [6.07, 6.45) is 0. The van der Waals surface area contributed by atoms with E-state index in [9.17, 15) is 9.59 Å². The zero-order chi connectivity index (χ0) is 16.3. The minimum absolute atomic E-state index is 0.0120. The largest absolute Gasteiger partial charge is 0.493 e. The molecule has 6 nitrogen and oxygen atoms in total. The van der Waals surface area contributed by atoms with Crippen LogP contribution in [0.25, 0.3) is 0 Å². The van der Waals surface area contributed by atoms with Crippen LogP contribution in [0, 0.1) is 13.8 Å². The number of aryl methyl sites for hydroxylation is 2. The van der Waals surface area contributed by atoms with Crippen LogP contribution in [-0.2, 0) is 11.3 Å². The molecule has 0 saturated carbocycles. The summed E-state index contributed by atoms with van der Waals surface area (Å²) in [6.45, 7) is 3.65. The number of hydrogen-bond donors (Lipinski definition) is 1. The van der Waals surface area contributed by atoms with E-state index in [1.54, 1.807) is 31.5 Å². The lowest BCUT2D eigenvalue weighted by atomic mass is 10.1. The number of anilines is 1. The number of nitrogens with zero attached hydrogens (tertiary/aromatic N) is 1. The van der Waals surface area contributed by atoms with Gasteiger partial charge in [-0.2, -0.15) is 0 Å². The lowest BCUT2D eigenvalue weighted by Gasteiger charge is -2.14. The van der Waals surface area contributed by atoms with Crippen molar-refractivity contribution in [1.29, 1.82) is 0 Å². The molecule has 1 amide bonds. The minimum Gasteiger partial charge on any atom is -0.493 e. The van der Waals surface area contributed by atoms with E-state index in [1.165, 1.54) is 11.7 Å². The molecule has 2 aromatic rings. The SMILES string of the molecule is COc1cc(C)c(NC(=O)Cn2c(C)csc2=O)cc1OC. The van der Waals surface area contributed by atoms with E-state index in [4.69, 9.17) is 9.47 Å². The van der Waals surface area contributed by atoms with Crippen molar-refractivity contribution in [2.24, 2.45) is 0 Å². The third-order valence-electron chi connectivity index (χ3n) is 3.28. The first-order valence-electron chi connectivity index (χ1n) is 6.63. The van der Waals surface area contributed by atoms with Crippen molar-refractivity contribution in [2.45, 2.75) is 20.4 Å². The zero-order valence-electron chi connectivity index (χ0n) is 12.9. The molecule has 22 heavy (non-hydrogen) atoms. The van der Waals surface area contributed by atoms with Gasteiger partial charge in [0.15, 0.2) is 11.5 Å². The maximum Gasteiger partial charge on any atom is 0.307 e. The Morgan fingerprint density at radius 2 is 1.86 bits per heavy atom. The number of aromatic nitrogens is 1. The zero-order valence-corrected chi connectivity index (χ0v) is 13.7. The first kappa shape index (κ1) is 16.1. The topological polar surface area (TPSA) is 69.6 Å². The number of nitrogens with one attached hydrogen (secondary N) is 1. The van der Waals surface area contributed by atoms with E-state index >= 15 is 0 Å². The van der Waals surface area contributed by atoms with Gasteiger partial charge in [0.1, 0.15) is 6.54 Å². The van der Waals surface area contributed by atoms with Gasteiger partial charge in [-0.15, -0.1) is 0 Å². The van der Waals surface area contributed by atoms with Gasteiger partial charge in [0, 0.05) is 22.8 Å². The van der Waals surface area contributed by atoms with Crippen LogP contribution in [0.5, 0.6) is 11.5 Å². The molecule has 0 aliphatic rings. The Kier molecular flexibility index (Phi) is 4.87. The van der Waals surface area contributed by atoms with Gasteiger partial charge < -0.3 is 14.8 Å². The van der Waals surface area contributed by atoms with Crippen molar-refractivity contribution < 1.29 is 14.3 Å². The smallest absolute Gasteiger partial charge is 0.307 e. The van der Waals surface area contributed by atoms with Gasteiger partial charge in [-0.1, -0.05) is 11.3 Å². The van der Waals surface area contributed by atoms with Crippen molar-refractivity contribution in [3.63, 3.8) is 0 Å². The van der Waals surface area contributed by atoms with Crippen LogP contribution in [0.2, 0.25) is 0 Å². The molecule has 0 bridgehead atoms. The van der Waals surface area contributed by atoms with Gasteiger partial charge in [0.2, 0.25) is 5.91 Å². The summed E-state index contributed by atoms with van der Waals surface area (Å²) >= 11 is 1.08. The summed E-state index contributed by atoms with van der Waals surface area (Å²) in [5.74, 6) is 0.870. The van der Waals surface area contributed by atoms with E-state index in [0.717, 1.165) is 22.6 Å². The van der Waals surface area contributed by atoms with Crippen LogP contribution >= 0.6 is 11.3 Å². The average Bonchev–Trinajstić information content (AvgIpc) is 2.80. The highest BCUT2D eigenvalue weighted by molar-refractivity contribution is 7.07. The van der Waals surface area contributed by atoms with Gasteiger partial charge >= 0.3 is 4.87 Å². The number of benzene rings is 1. The van der Waals surface area contributed by atoms with E-state index in [-0.39, 0.29) is 17.3 Å². The highest BCUT2D eigenvalue weighted by Gasteiger charge is 2.13. The molecule has 1 heterocycles. The predicted octanol–water partition coefficient (Wildman–Crippen LogP) is 2.18. The lowest BCUT2D eigenvalue weighted by Crippen LogP contribution is -2.25. The van der Waals surface area contributed by atoms with Crippen LogP contribution in [0.1, 0.15) is 11.3 Å². The number of carbonyl (C=O) groups excluding carboxylic acids is 1. The van der Waals surface area contributed by atoms with Crippen LogP contribution in [0.3, 0.4) is 0 Å². The molecule has 0 unspecified atom stereocenters. The number of carbonyl (C=O) groups is 1. The van der Waals surface area contributed by atoms with Crippen molar-refractivity contribution in [2.75, 3.05) is 19.5 Å². The fraction of sp³-hybridized carbons (Fsp3) is 0.333. The van der Waals surface area contributed by atoms with Crippen LogP contribution in [0.4, 0.5) is 5.69 Å². The summed E-state index contributed by atoms with van der Waals surface area (Å²) < 4.78 is 11.9. The van der Waals surface area contributed by atoms with Crippen LogP contribution in [-0.4, -0.2) is 24.7 Å². The molecule has 1 aromatic heterocycles. The monoisotopic (exact) mass is 322 g/mol. The number of hydrogen-bond acceptors (Lipinski definition) is 5. The molecule has 1 aromatic carbocycles. The fourth-order valence-corrected chi connectivity index (χ4v) is 2.78. The molecular weight excluding hydrogens is 304 g/mol. The summed E-state index contributed by atoms with van der Waals surface area (Å²) in [5, 5.41) is 4.53. The maximum atomic E-state index is 12.2. The first-order chi connectivity index (χ1) is 10.5. The highest BCUT2D eigenvalue weighted by atomic mass is 32.1. The molecule has 0 spiro atoms. The molecule has 0 fully saturated rings. The molecule has 118 valence electrons. The van der Waals surface area contributed by atoms with E-state index in [2.05, 4.69) is 5.32 Å². The standard InChI is InChI=1S/C15H18N2O4S/c1-9-5-12(20-3)13(21-4)6-11(9)16-14(18)7-17-10(2)8-22-15(17)19/h5-6,8H,7H2,1-4H3,(H,16,18). The quantitative estimate of drug-likeness (QED) is 0.916. The third kappa shape index (κ3) is 3.30. The number of rotatable bonds is 5. The van der Waals surface area contributed by atoms with Gasteiger partial charge in [-0.05, 0) is 25.5 Å². The third-order valence-corrected chi connectivity index (χ3v) is 4.16. The van der Waals surface area contributed by atoms with E-state index in [1.807, 2.05) is 6.92 Å². The molecule has 2 rings (SSSR count). The average molecular weight is 322 g/mol. The van der Waals surface area contributed by atoms with Crippen LogP contribution < -0.4 is 19.7 Å². The van der Waals surface area contributed by atoms with Gasteiger partial charge in [0.25, 0.3) is 0 Å². The normalized spacial score (nSPS) is 10.4. The second kappa shape index (κ2) is 6.65. The van der Waals surface area contributed by atoms with Crippen molar-refractivity contribution >= 4 is 22.9 Å². The molecule has 0 aliphatic heterocycles. The van der Waals surface area contributed by atoms with Crippen LogP contribution in [0.15, 0.2) is 22.3 Å². The number of ether oxygens (including phenoxy) is 2. The molecule has 0 aliphatic carbocycles. The van der Waals surface area contributed by atoms with Gasteiger partial charge in [-0.3, -0.25) is 14.2 Å². The Labute approximate surface area is 132 Å². The fourth-order valence-electron chi connectivity index (χ4n) is 2.04. The predicted molar refractivity (Wildman–Crippen MR) is 86.2 cm³/mol. The van der Waals surface area contributed by atoms with Crippen molar-refractivity contribution in [3.8, 4) is 11.5 Å². The molecule has 0 atom stereocenters. The Bertz CT molecular complexity index is 748. The molecule has 0 radical (unpaired) electrons. The summed E-state index contributed by atoms with van der Waals surface area (Å²) in [5.41, 5.74) is 2.25. The van der Waals surface area contributed by atoms with Crippen molar-refractivity contribution in [1.82, 2.24) is 4.57 Å². The molecule has 1 N–H and O–H groups in total. The molecule has 7 heteroatoms. The number of amides is 1. The Hall–Kier alpha value is -2.28. The summed E-state index contributed by atoms with van der Waals surface area (Å²) in [7, 11) is 3.09. The molecular formula is C15H18N2O4S. The second-order valence-electron chi connectivity index (χ2n) is 4.80. The number of thiazole rings is 1. The Balaban J connectivity index is 2.20. The Morgan fingerprint density at radius 3 is 2.41 bits per heavy atom. The first-order valence-corrected chi connectivity index (χ1v) is 7.51.